The van der Waals surface area contributed by atoms with Crippen LogP contribution < -0.4 is 0 Å². The van der Waals surface area contributed by atoms with Gasteiger partial charge in [-0.25, -0.2) is 0 Å². The second-order valence-corrected chi connectivity index (χ2v) is 14.5. The van der Waals surface area contributed by atoms with Crippen molar-refractivity contribution in [3.05, 3.63) is 163 Å². The van der Waals surface area contributed by atoms with Crippen LogP contribution in [-0.4, -0.2) is 24.4 Å². The molecule has 238 valence electrons. The molecule has 1 aliphatic heterocycles. The fourth-order valence-electron chi connectivity index (χ4n) is 5.93. The number of ether oxygens (including phenoxy) is 4. The van der Waals surface area contributed by atoms with E-state index in [0.717, 1.165) is 49.5 Å². The van der Waals surface area contributed by atoms with Crippen LogP contribution in [0.5, 0.6) is 0 Å². The molecule has 4 aromatic carbocycles. The molecule has 2 heterocycles. The van der Waals surface area contributed by atoms with Crippen molar-refractivity contribution in [1.29, 1.82) is 0 Å². The third-order valence-corrected chi connectivity index (χ3v) is 10.3. The Labute approximate surface area is 289 Å². The monoisotopic (exact) mass is 716 g/mol. The summed E-state index contributed by atoms with van der Waals surface area (Å²) in [6, 6.07) is 41.2. The molecule has 0 N–H and O–H groups in total. The summed E-state index contributed by atoms with van der Waals surface area (Å²) < 4.78 is 28.5. The van der Waals surface area contributed by atoms with Gasteiger partial charge in [-0.05, 0) is 68.4 Å². The molecule has 0 saturated carbocycles. The topological polar surface area (TPSA) is 36.9 Å². The van der Waals surface area contributed by atoms with E-state index in [0.29, 0.717) is 19.8 Å². The number of benzene rings is 4. The Bertz CT molecular complexity index is 1650. The lowest BCUT2D eigenvalue weighted by Crippen LogP contribution is -2.57. The lowest BCUT2D eigenvalue weighted by molar-refractivity contribution is -0.267. The second kappa shape index (κ2) is 16.3. The van der Waals surface area contributed by atoms with E-state index in [2.05, 4.69) is 83.5 Å². The maximum Gasteiger partial charge on any atom is 0.117 e. The molecule has 0 amide bonds. The van der Waals surface area contributed by atoms with Crippen LogP contribution in [0, 0.1) is 0 Å². The molecule has 5 atom stereocenters. The quantitative estimate of drug-likeness (QED) is 0.122. The molecule has 5 aromatic rings. The largest absolute Gasteiger partial charge is 0.368 e. The highest BCUT2D eigenvalue weighted by atomic mass is 79.9. The molecule has 1 saturated heterocycles. The molecule has 4 nitrogen and oxygen atoms in total. The lowest BCUT2D eigenvalue weighted by Gasteiger charge is -2.46. The van der Waals surface area contributed by atoms with Crippen molar-refractivity contribution in [2.75, 3.05) is 0 Å². The maximum absolute atomic E-state index is 6.98. The van der Waals surface area contributed by atoms with Gasteiger partial charge in [0.1, 0.15) is 24.4 Å². The standard InChI is InChI=1S/C39H38BrClO4S/c1-2-34-37(42-24-27-12-6-3-7-13-27)39(44-26-29-16-10-5-11-17-29)38(43-25-28-14-8-4-9-15-28)36(45-34)30-18-20-33(41)31(22-30)23-32-19-21-35(40)46-32/h3-22,34,36-39H,2,23-26H2,1H3/t34-,36?,37-,38+,39+/m1/s1. The van der Waals surface area contributed by atoms with Crippen LogP contribution in [0.3, 0.4) is 0 Å². The van der Waals surface area contributed by atoms with E-state index in [9.17, 15) is 0 Å². The van der Waals surface area contributed by atoms with Crippen LogP contribution in [-0.2, 0) is 45.2 Å². The molecule has 1 aliphatic rings. The summed E-state index contributed by atoms with van der Waals surface area (Å²) >= 11 is 12.1. The Kier molecular flexibility index (Phi) is 11.8. The highest BCUT2D eigenvalue weighted by molar-refractivity contribution is 9.11. The Hall–Kier alpha value is -2.81. The third kappa shape index (κ3) is 8.55. The number of halogens is 2. The van der Waals surface area contributed by atoms with Crippen molar-refractivity contribution in [2.45, 2.75) is 70.1 Å². The van der Waals surface area contributed by atoms with Crippen LogP contribution in [0.4, 0.5) is 0 Å². The van der Waals surface area contributed by atoms with Gasteiger partial charge in [0, 0.05) is 16.3 Å². The van der Waals surface area contributed by atoms with Crippen LogP contribution >= 0.6 is 38.9 Å². The molecular weight excluding hydrogens is 680 g/mol. The van der Waals surface area contributed by atoms with Gasteiger partial charge in [-0.2, -0.15) is 0 Å². The zero-order valence-electron chi connectivity index (χ0n) is 25.8. The first-order valence-electron chi connectivity index (χ1n) is 15.7. The van der Waals surface area contributed by atoms with E-state index in [4.69, 9.17) is 30.5 Å². The number of hydrogen-bond donors (Lipinski definition) is 0. The summed E-state index contributed by atoms with van der Waals surface area (Å²) in [7, 11) is 0. The van der Waals surface area contributed by atoms with Gasteiger partial charge in [0.05, 0.1) is 29.7 Å². The van der Waals surface area contributed by atoms with Crippen molar-refractivity contribution < 1.29 is 18.9 Å². The maximum atomic E-state index is 6.98. The smallest absolute Gasteiger partial charge is 0.117 e. The number of thiophene rings is 1. The summed E-state index contributed by atoms with van der Waals surface area (Å²) in [5, 5.41) is 0.735. The van der Waals surface area contributed by atoms with Crippen molar-refractivity contribution >= 4 is 38.9 Å². The Morgan fingerprint density at radius 3 is 1.74 bits per heavy atom. The highest BCUT2D eigenvalue weighted by Crippen LogP contribution is 2.40. The van der Waals surface area contributed by atoms with E-state index in [-0.39, 0.29) is 12.2 Å². The van der Waals surface area contributed by atoms with Crippen molar-refractivity contribution in [1.82, 2.24) is 0 Å². The lowest BCUT2D eigenvalue weighted by atomic mass is 9.88. The van der Waals surface area contributed by atoms with Crippen LogP contribution in [0.15, 0.2) is 125 Å². The molecule has 1 aromatic heterocycles. The van der Waals surface area contributed by atoms with Gasteiger partial charge in [-0.15, -0.1) is 11.3 Å². The molecule has 1 fully saturated rings. The molecule has 0 radical (unpaired) electrons. The second-order valence-electron chi connectivity index (χ2n) is 11.5. The first kappa shape index (κ1) is 33.1. The molecule has 7 heteroatoms. The predicted molar refractivity (Wildman–Crippen MR) is 189 cm³/mol. The molecule has 0 spiro atoms. The average Bonchev–Trinajstić information content (AvgIpc) is 3.51. The minimum Gasteiger partial charge on any atom is -0.368 e. The van der Waals surface area contributed by atoms with E-state index in [1.54, 1.807) is 11.3 Å². The first-order valence-corrected chi connectivity index (χ1v) is 17.7. The van der Waals surface area contributed by atoms with Gasteiger partial charge in [0.15, 0.2) is 0 Å². The van der Waals surface area contributed by atoms with Crippen LogP contribution in [0.1, 0.15) is 52.1 Å². The Morgan fingerprint density at radius 2 is 1.22 bits per heavy atom. The van der Waals surface area contributed by atoms with Gasteiger partial charge in [-0.1, -0.05) is 122 Å². The third-order valence-electron chi connectivity index (χ3n) is 8.28. The normalized spacial score (nSPS) is 21.3. The Balaban J connectivity index is 1.36. The summed E-state index contributed by atoms with van der Waals surface area (Å²) in [6.45, 7) is 3.45. The minimum absolute atomic E-state index is 0.210. The van der Waals surface area contributed by atoms with Gasteiger partial charge >= 0.3 is 0 Å². The Morgan fingerprint density at radius 1 is 0.674 bits per heavy atom. The van der Waals surface area contributed by atoms with Crippen molar-refractivity contribution in [2.24, 2.45) is 0 Å². The molecule has 0 bridgehead atoms. The molecule has 0 aliphatic carbocycles. The fourth-order valence-corrected chi connectivity index (χ4v) is 7.62. The molecule has 1 unspecified atom stereocenters. The SMILES string of the molecule is CC[C@H]1OC(c2ccc(Cl)c(Cc3ccc(Br)s3)c2)[C@H](OCc2ccccc2)[C@@H](OCc2ccccc2)[C@@H]1OCc1ccccc1. The van der Waals surface area contributed by atoms with Gasteiger partial charge in [-0.3, -0.25) is 0 Å². The van der Waals surface area contributed by atoms with Crippen molar-refractivity contribution in [3.63, 3.8) is 0 Å². The van der Waals surface area contributed by atoms with E-state index in [1.165, 1.54) is 4.88 Å². The van der Waals surface area contributed by atoms with Crippen LogP contribution in [0.25, 0.3) is 0 Å². The number of hydrogen-bond acceptors (Lipinski definition) is 5. The van der Waals surface area contributed by atoms with E-state index < -0.39 is 18.3 Å². The zero-order chi connectivity index (χ0) is 31.7. The predicted octanol–water partition coefficient (Wildman–Crippen LogP) is 10.4. The van der Waals surface area contributed by atoms with E-state index >= 15 is 0 Å². The fraction of sp³-hybridized carbons (Fsp3) is 0.282. The zero-order valence-corrected chi connectivity index (χ0v) is 28.9. The summed E-state index contributed by atoms with van der Waals surface area (Å²) in [4.78, 5) is 1.23. The van der Waals surface area contributed by atoms with Gasteiger partial charge < -0.3 is 18.9 Å². The molecule has 46 heavy (non-hydrogen) atoms. The van der Waals surface area contributed by atoms with Gasteiger partial charge in [0.25, 0.3) is 0 Å². The number of rotatable bonds is 13. The van der Waals surface area contributed by atoms with Crippen molar-refractivity contribution in [3.8, 4) is 0 Å². The molecule has 6 rings (SSSR count). The van der Waals surface area contributed by atoms with Crippen LogP contribution in [0.2, 0.25) is 5.02 Å². The molecular formula is C39H38BrClO4S. The summed E-state index contributed by atoms with van der Waals surface area (Å²) in [6.07, 6.45) is -0.298. The minimum atomic E-state index is -0.447. The first-order chi connectivity index (χ1) is 22.6. The van der Waals surface area contributed by atoms with Gasteiger partial charge in [0.2, 0.25) is 0 Å². The summed E-state index contributed by atoms with van der Waals surface area (Å²) in [5.74, 6) is 0. The highest BCUT2D eigenvalue weighted by Gasteiger charge is 2.48. The summed E-state index contributed by atoms with van der Waals surface area (Å²) in [5.41, 5.74) is 5.35. The van der Waals surface area contributed by atoms with E-state index in [1.807, 2.05) is 60.7 Å². The average molecular weight is 718 g/mol.